The molecule has 0 aromatic rings. The van der Waals surface area contributed by atoms with Crippen LogP contribution in [0.4, 0.5) is 0 Å². The Kier molecular flexibility index (Phi) is 36.0. The van der Waals surface area contributed by atoms with Gasteiger partial charge in [-0.05, 0) is 0 Å². The smallest absolute Gasteiger partial charge is 0.565 e. The molecule has 2 unspecified atom stereocenters. The number of carbonyl (C=O) groups is 2. The molecular formula is C7H7Na3O8. The number of hydrogen-bond acceptors (Lipinski definition) is 8. The fourth-order valence-electron chi connectivity index (χ4n) is 0.652. The van der Waals surface area contributed by atoms with Gasteiger partial charge in [0.1, 0.15) is 0 Å². The Labute approximate surface area is 169 Å². The average Bonchev–Trinajstić information content (AvgIpc) is 2.13. The summed E-state index contributed by atoms with van der Waals surface area (Å²) in [6.45, 7) is 0.180. The summed E-state index contributed by atoms with van der Waals surface area (Å²) in [5.74, 6) is -5.19. The van der Waals surface area contributed by atoms with E-state index in [-0.39, 0.29) is 101 Å². The van der Waals surface area contributed by atoms with E-state index in [2.05, 4.69) is 4.74 Å². The van der Waals surface area contributed by atoms with Gasteiger partial charge in [0.25, 0.3) is 0 Å². The second kappa shape index (κ2) is 20.6. The van der Waals surface area contributed by atoms with Gasteiger partial charge >= 0.3 is 94.8 Å². The SMILES string of the molecule is COC(C(=O)[O-])C([CH-]O)C(=O)[O-].O=C=O.[Na+].[Na+].[Na+]. The zero-order chi connectivity index (χ0) is 12.4. The van der Waals surface area contributed by atoms with E-state index in [0.717, 1.165) is 7.11 Å². The van der Waals surface area contributed by atoms with Crippen molar-refractivity contribution in [1.29, 1.82) is 0 Å². The molecule has 0 bridgehead atoms. The van der Waals surface area contributed by atoms with Gasteiger partial charge < -0.3 is 29.6 Å². The number of carbonyl (C=O) groups excluding carboxylic acids is 4. The van der Waals surface area contributed by atoms with Gasteiger partial charge in [-0.2, -0.15) is 9.59 Å². The largest absolute Gasteiger partial charge is 1.00 e. The molecular weight excluding hydrogens is 281 g/mol. The molecule has 0 rings (SSSR count). The molecule has 11 heteroatoms. The summed E-state index contributed by atoms with van der Waals surface area (Å²) >= 11 is 0. The van der Waals surface area contributed by atoms with Crippen LogP contribution in [-0.2, 0) is 23.9 Å². The molecule has 0 fully saturated rings. The molecule has 0 saturated carbocycles. The van der Waals surface area contributed by atoms with E-state index in [4.69, 9.17) is 14.7 Å². The maximum atomic E-state index is 10.2. The molecule has 2 atom stereocenters. The second-order valence-corrected chi connectivity index (χ2v) is 2.05. The summed E-state index contributed by atoms with van der Waals surface area (Å²) in [5, 5.41) is 28.7. The molecule has 0 spiro atoms. The van der Waals surface area contributed by atoms with Crippen molar-refractivity contribution in [2.75, 3.05) is 7.11 Å². The molecule has 0 amide bonds. The summed E-state index contributed by atoms with van der Waals surface area (Å²) < 4.78 is 4.25. The first-order valence-electron chi connectivity index (χ1n) is 3.37. The van der Waals surface area contributed by atoms with Crippen molar-refractivity contribution in [1.82, 2.24) is 0 Å². The van der Waals surface area contributed by atoms with Crippen molar-refractivity contribution in [2.45, 2.75) is 6.10 Å². The summed E-state index contributed by atoms with van der Waals surface area (Å²) in [7, 11) is 0.986. The monoisotopic (exact) mass is 288 g/mol. The van der Waals surface area contributed by atoms with Gasteiger partial charge in [0.05, 0.1) is 12.1 Å². The molecule has 18 heavy (non-hydrogen) atoms. The van der Waals surface area contributed by atoms with Crippen LogP contribution >= 0.6 is 0 Å². The van der Waals surface area contributed by atoms with Crippen LogP contribution in [0.2, 0.25) is 0 Å². The molecule has 0 saturated heterocycles. The quantitative estimate of drug-likeness (QED) is 0.388. The zero-order valence-electron chi connectivity index (χ0n) is 10.5. The predicted molar refractivity (Wildman–Crippen MR) is 35.5 cm³/mol. The van der Waals surface area contributed by atoms with Gasteiger partial charge in [-0.15, -0.1) is 0 Å². The maximum Gasteiger partial charge on any atom is 1.00 e. The first-order valence-corrected chi connectivity index (χ1v) is 3.37. The fourth-order valence-corrected chi connectivity index (χ4v) is 0.652. The predicted octanol–water partition coefficient (Wildman–Crippen LogP) is -12.9. The number of hydrogen-bond donors (Lipinski definition) is 1. The van der Waals surface area contributed by atoms with Crippen LogP contribution in [0.3, 0.4) is 0 Å². The van der Waals surface area contributed by atoms with Crippen LogP contribution in [0.15, 0.2) is 0 Å². The molecule has 0 aromatic heterocycles. The van der Waals surface area contributed by atoms with Crippen molar-refractivity contribution in [3.63, 3.8) is 0 Å². The fraction of sp³-hybridized carbons (Fsp3) is 0.429. The van der Waals surface area contributed by atoms with Gasteiger partial charge in [0.15, 0.2) is 0 Å². The molecule has 0 aliphatic rings. The van der Waals surface area contributed by atoms with Crippen LogP contribution in [0.5, 0.6) is 0 Å². The molecule has 0 radical (unpaired) electrons. The first-order chi connectivity index (χ1) is 6.95. The van der Waals surface area contributed by atoms with Crippen LogP contribution in [0, 0.1) is 12.5 Å². The Balaban J connectivity index is -0.0000000852. The van der Waals surface area contributed by atoms with Crippen LogP contribution in [0.1, 0.15) is 0 Å². The minimum absolute atomic E-state index is 0. The minimum Gasteiger partial charge on any atom is -0.565 e. The number of carboxylic acid groups (broad SMARTS) is 2. The third-order valence-electron chi connectivity index (χ3n) is 1.25. The standard InChI is InChI=1S/C6H9O6.CO2.3Na/c1-12-4(6(10)11)3(2-7)5(8)9;2-1-3;;;/h2-4,7H,1H3,(H,8,9)(H,10,11);;;;/q-1;;3*+1/p-2. The van der Waals surface area contributed by atoms with Crippen LogP contribution in [0.25, 0.3) is 0 Å². The zero-order valence-corrected chi connectivity index (χ0v) is 16.5. The Bertz CT molecular complexity index is 233. The van der Waals surface area contributed by atoms with Crippen molar-refractivity contribution in [3.8, 4) is 0 Å². The van der Waals surface area contributed by atoms with E-state index >= 15 is 0 Å². The molecule has 0 aliphatic heterocycles. The van der Waals surface area contributed by atoms with Crippen LogP contribution < -0.4 is 98.9 Å². The molecule has 0 heterocycles. The molecule has 0 aliphatic carbocycles. The second-order valence-electron chi connectivity index (χ2n) is 2.05. The number of aliphatic hydroxyl groups is 1. The van der Waals surface area contributed by atoms with E-state index in [9.17, 15) is 19.8 Å². The first kappa shape index (κ1) is 31.6. The summed E-state index contributed by atoms with van der Waals surface area (Å²) in [5.41, 5.74) is 0. The van der Waals surface area contributed by atoms with Crippen molar-refractivity contribution in [2.24, 2.45) is 5.92 Å². The molecule has 8 nitrogen and oxygen atoms in total. The third kappa shape index (κ3) is 15.3. The maximum absolute atomic E-state index is 10.2. The van der Waals surface area contributed by atoms with Gasteiger partial charge in [0, 0.05) is 13.1 Å². The van der Waals surface area contributed by atoms with Crippen molar-refractivity contribution < 1.29 is 128 Å². The number of methoxy groups -OCH3 is 1. The number of carboxylic acids is 2. The summed E-state index contributed by atoms with van der Waals surface area (Å²) in [4.78, 5) is 36.6. The number of ether oxygens (including phenoxy) is 1. The van der Waals surface area contributed by atoms with Gasteiger partial charge in [-0.3, -0.25) is 0 Å². The van der Waals surface area contributed by atoms with Crippen molar-refractivity contribution in [3.05, 3.63) is 6.61 Å². The minimum atomic E-state index is -1.74. The normalized spacial score (nSPS) is 10.6. The summed E-state index contributed by atoms with van der Waals surface area (Å²) in [6.07, 6.45) is -1.49. The average molecular weight is 288 g/mol. The van der Waals surface area contributed by atoms with E-state index in [0.29, 0.717) is 0 Å². The number of rotatable bonds is 5. The van der Waals surface area contributed by atoms with Crippen molar-refractivity contribution >= 4 is 18.1 Å². The van der Waals surface area contributed by atoms with Gasteiger partial charge in [-0.1, -0.05) is 5.92 Å². The number of aliphatic hydroxyl groups excluding tert-OH is 1. The Morgan fingerprint density at radius 3 is 1.56 bits per heavy atom. The van der Waals surface area contributed by atoms with E-state index in [1.165, 1.54) is 0 Å². The van der Waals surface area contributed by atoms with E-state index < -0.39 is 24.0 Å². The molecule has 0 aromatic carbocycles. The Hall–Kier alpha value is 1.24. The van der Waals surface area contributed by atoms with Crippen LogP contribution in [-0.4, -0.2) is 36.4 Å². The third-order valence-corrected chi connectivity index (χ3v) is 1.25. The Morgan fingerprint density at radius 1 is 1.17 bits per heavy atom. The summed E-state index contributed by atoms with van der Waals surface area (Å²) in [6, 6.07) is 0. The molecule has 1 N–H and O–H groups in total. The topological polar surface area (TPSA) is 144 Å². The van der Waals surface area contributed by atoms with E-state index in [1.807, 2.05) is 0 Å². The Morgan fingerprint density at radius 2 is 1.50 bits per heavy atom. The molecule has 86 valence electrons. The van der Waals surface area contributed by atoms with Gasteiger partial charge in [0.2, 0.25) is 0 Å². The van der Waals surface area contributed by atoms with E-state index in [1.54, 1.807) is 0 Å². The van der Waals surface area contributed by atoms with Gasteiger partial charge in [-0.25, -0.2) is 6.61 Å². The number of aliphatic carboxylic acids is 2.